The second-order valence-electron chi connectivity index (χ2n) is 5.96. The first kappa shape index (κ1) is 13.9. The van der Waals surface area contributed by atoms with E-state index in [1.165, 1.54) is 0 Å². The molecule has 2 atom stereocenters. The third-order valence-electron chi connectivity index (χ3n) is 4.40. The Bertz CT molecular complexity index is 790. The second kappa shape index (κ2) is 5.15. The fourth-order valence-corrected chi connectivity index (χ4v) is 3.31. The molecule has 2 saturated heterocycles. The van der Waals surface area contributed by atoms with Crippen molar-refractivity contribution in [3.63, 3.8) is 0 Å². The Balaban J connectivity index is 1.75. The van der Waals surface area contributed by atoms with Gasteiger partial charge in [0, 0.05) is 24.3 Å². The Kier molecular flexibility index (Phi) is 3.11. The lowest BCUT2D eigenvalue weighted by molar-refractivity contribution is -0.124. The molecule has 116 valence electrons. The van der Waals surface area contributed by atoms with Crippen LogP contribution in [-0.4, -0.2) is 45.3 Å². The maximum Gasteiger partial charge on any atom is 0.258 e. The lowest BCUT2D eigenvalue weighted by Gasteiger charge is -2.27. The topological polar surface area (TPSA) is 75.2 Å². The average Bonchev–Trinajstić information content (AvgIpc) is 3.14. The molecule has 3 heterocycles. The van der Waals surface area contributed by atoms with Gasteiger partial charge in [0.05, 0.1) is 11.3 Å². The Morgan fingerprint density at radius 1 is 1.30 bits per heavy atom. The largest absolute Gasteiger partial charge is 0.350 e. The minimum atomic E-state index is -0.363. The van der Waals surface area contributed by atoms with Crippen molar-refractivity contribution in [3.05, 3.63) is 47.9 Å². The lowest BCUT2D eigenvalue weighted by atomic mass is 10.1. The van der Waals surface area contributed by atoms with Crippen molar-refractivity contribution >= 4 is 11.8 Å². The van der Waals surface area contributed by atoms with Gasteiger partial charge >= 0.3 is 0 Å². The number of benzene rings is 1. The van der Waals surface area contributed by atoms with Crippen molar-refractivity contribution in [2.24, 2.45) is 0 Å². The van der Waals surface area contributed by atoms with Crippen molar-refractivity contribution in [3.8, 4) is 11.3 Å². The number of aryl methyl sites for hydroxylation is 1. The predicted octanol–water partition coefficient (Wildman–Crippen LogP) is 1.16. The summed E-state index contributed by atoms with van der Waals surface area (Å²) in [4.78, 5) is 35.1. The van der Waals surface area contributed by atoms with Crippen molar-refractivity contribution in [1.82, 2.24) is 20.2 Å². The van der Waals surface area contributed by atoms with Gasteiger partial charge in [0.25, 0.3) is 5.91 Å². The van der Waals surface area contributed by atoms with Crippen LogP contribution in [0.3, 0.4) is 0 Å². The first-order valence-electron chi connectivity index (χ1n) is 7.64. The van der Waals surface area contributed by atoms with Crippen LogP contribution in [0, 0.1) is 6.92 Å². The summed E-state index contributed by atoms with van der Waals surface area (Å²) < 4.78 is 0. The molecule has 0 saturated carbocycles. The summed E-state index contributed by atoms with van der Waals surface area (Å²) in [6, 6.07) is 9.28. The van der Waals surface area contributed by atoms with Gasteiger partial charge in [-0.15, -0.1) is 0 Å². The molecule has 6 nitrogen and oxygen atoms in total. The van der Waals surface area contributed by atoms with Gasteiger partial charge < -0.3 is 10.2 Å². The summed E-state index contributed by atoms with van der Waals surface area (Å²) in [5.41, 5.74) is 1.93. The van der Waals surface area contributed by atoms with E-state index in [0.29, 0.717) is 30.0 Å². The van der Waals surface area contributed by atoms with Crippen LogP contribution in [0.15, 0.2) is 36.5 Å². The van der Waals surface area contributed by atoms with E-state index in [1.54, 1.807) is 18.0 Å². The quantitative estimate of drug-likeness (QED) is 0.903. The average molecular weight is 308 g/mol. The number of nitrogens with zero attached hydrogens (tertiary/aromatic N) is 3. The third kappa shape index (κ3) is 2.27. The molecule has 1 aromatic carbocycles. The van der Waals surface area contributed by atoms with Crippen molar-refractivity contribution < 1.29 is 9.59 Å². The first-order chi connectivity index (χ1) is 11.1. The SMILES string of the molecule is Cc1ncc(C(=O)N2C[C@@H]3C[C@H]2C(=O)N3)c(-c2ccccc2)n1. The zero-order valence-corrected chi connectivity index (χ0v) is 12.7. The molecule has 4 rings (SSSR count). The van der Waals surface area contributed by atoms with Crippen molar-refractivity contribution in [2.45, 2.75) is 25.4 Å². The summed E-state index contributed by atoms with van der Waals surface area (Å²) in [5.74, 6) is 0.371. The molecular formula is C17H16N4O2. The van der Waals surface area contributed by atoms with E-state index in [9.17, 15) is 9.59 Å². The molecule has 6 heteroatoms. The molecule has 1 aromatic heterocycles. The Hall–Kier alpha value is -2.76. The monoisotopic (exact) mass is 308 g/mol. The molecule has 2 fully saturated rings. The maximum atomic E-state index is 13.0. The molecule has 0 unspecified atom stereocenters. The molecule has 2 aliphatic heterocycles. The predicted molar refractivity (Wildman–Crippen MR) is 83.6 cm³/mol. The number of carbonyl (C=O) groups excluding carboxylic acids is 2. The maximum absolute atomic E-state index is 13.0. The van der Waals surface area contributed by atoms with E-state index in [2.05, 4.69) is 15.3 Å². The number of hydrogen-bond donors (Lipinski definition) is 1. The number of carbonyl (C=O) groups is 2. The van der Waals surface area contributed by atoms with Crippen LogP contribution in [0.5, 0.6) is 0 Å². The zero-order valence-electron chi connectivity index (χ0n) is 12.7. The van der Waals surface area contributed by atoms with Crippen LogP contribution in [0.1, 0.15) is 22.6 Å². The first-order valence-corrected chi connectivity index (χ1v) is 7.64. The Morgan fingerprint density at radius 2 is 2.09 bits per heavy atom. The van der Waals surface area contributed by atoms with Crippen molar-refractivity contribution in [2.75, 3.05) is 6.54 Å². The van der Waals surface area contributed by atoms with Gasteiger partial charge in [0.2, 0.25) is 5.91 Å². The summed E-state index contributed by atoms with van der Waals surface area (Å²) in [5, 5.41) is 2.88. The van der Waals surface area contributed by atoms with E-state index >= 15 is 0 Å². The molecular weight excluding hydrogens is 292 g/mol. The van der Waals surface area contributed by atoms with Gasteiger partial charge in [-0.3, -0.25) is 9.59 Å². The molecule has 0 radical (unpaired) electrons. The highest BCUT2D eigenvalue weighted by Gasteiger charge is 2.46. The fraction of sp³-hybridized carbons (Fsp3) is 0.294. The molecule has 1 N–H and O–H groups in total. The van der Waals surface area contributed by atoms with Gasteiger partial charge in [-0.05, 0) is 13.3 Å². The zero-order chi connectivity index (χ0) is 16.0. The third-order valence-corrected chi connectivity index (χ3v) is 4.40. The summed E-state index contributed by atoms with van der Waals surface area (Å²) in [7, 11) is 0. The minimum absolute atomic E-state index is 0.0658. The highest BCUT2D eigenvalue weighted by Crippen LogP contribution is 2.29. The second-order valence-corrected chi connectivity index (χ2v) is 5.96. The van der Waals surface area contributed by atoms with Gasteiger partial charge in [-0.25, -0.2) is 9.97 Å². The molecule has 0 aliphatic carbocycles. The highest BCUT2D eigenvalue weighted by molar-refractivity contribution is 6.03. The number of nitrogens with one attached hydrogen (secondary N) is 1. The van der Waals surface area contributed by atoms with E-state index in [0.717, 1.165) is 5.56 Å². The van der Waals surface area contributed by atoms with Crippen LogP contribution in [0.4, 0.5) is 0 Å². The molecule has 2 aromatic rings. The highest BCUT2D eigenvalue weighted by atomic mass is 16.2. The van der Waals surface area contributed by atoms with E-state index in [1.807, 2.05) is 30.3 Å². The van der Waals surface area contributed by atoms with Crippen LogP contribution < -0.4 is 5.32 Å². The van der Waals surface area contributed by atoms with Crippen LogP contribution >= 0.6 is 0 Å². The minimum Gasteiger partial charge on any atom is -0.350 e. The van der Waals surface area contributed by atoms with Crippen LogP contribution in [0.2, 0.25) is 0 Å². The lowest BCUT2D eigenvalue weighted by Crippen LogP contribution is -2.50. The van der Waals surface area contributed by atoms with Crippen LogP contribution in [0.25, 0.3) is 11.3 Å². The van der Waals surface area contributed by atoms with Gasteiger partial charge in [0.1, 0.15) is 11.9 Å². The van der Waals surface area contributed by atoms with Gasteiger partial charge in [0.15, 0.2) is 0 Å². The number of aromatic nitrogens is 2. The van der Waals surface area contributed by atoms with Crippen LogP contribution in [-0.2, 0) is 4.79 Å². The van der Waals surface area contributed by atoms with E-state index < -0.39 is 0 Å². The normalized spacial score (nSPS) is 22.3. The number of piperazine rings is 1. The molecule has 2 aliphatic rings. The standard InChI is InChI=1S/C17H16N4O2/c1-10-18-8-13(15(19-10)11-5-3-2-4-6-11)17(23)21-9-12-7-14(21)16(22)20-12/h2-6,8,12,14H,7,9H2,1H3,(H,20,22)/t12-,14-/m0/s1. The number of hydrogen-bond acceptors (Lipinski definition) is 4. The molecule has 2 bridgehead atoms. The van der Waals surface area contributed by atoms with E-state index in [-0.39, 0.29) is 23.9 Å². The summed E-state index contributed by atoms with van der Waals surface area (Å²) in [6.45, 7) is 2.35. The molecule has 23 heavy (non-hydrogen) atoms. The number of fused-ring (bicyclic) bond motifs is 2. The molecule has 2 amide bonds. The number of rotatable bonds is 2. The smallest absolute Gasteiger partial charge is 0.258 e. The summed E-state index contributed by atoms with van der Waals surface area (Å²) in [6.07, 6.45) is 2.26. The number of amides is 2. The summed E-state index contributed by atoms with van der Waals surface area (Å²) >= 11 is 0. The molecule has 0 spiro atoms. The number of likely N-dealkylation sites (tertiary alicyclic amines) is 1. The van der Waals surface area contributed by atoms with Gasteiger partial charge in [-0.1, -0.05) is 30.3 Å². The van der Waals surface area contributed by atoms with Crippen molar-refractivity contribution in [1.29, 1.82) is 0 Å². The van der Waals surface area contributed by atoms with E-state index in [4.69, 9.17) is 0 Å². The Morgan fingerprint density at radius 3 is 2.78 bits per heavy atom. The fourth-order valence-electron chi connectivity index (χ4n) is 3.31. The van der Waals surface area contributed by atoms with Gasteiger partial charge in [-0.2, -0.15) is 0 Å². The Labute approximate surface area is 133 Å².